The first-order chi connectivity index (χ1) is 7.47. The summed E-state index contributed by atoms with van der Waals surface area (Å²) in [5.74, 6) is -0.0211. The summed E-state index contributed by atoms with van der Waals surface area (Å²) in [6.07, 6.45) is 1.15. The number of rotatable bonds is 2. The summed E-state index contributed by atoms with van der Waals surface area (Å²) in [6, 6.07) is 5.35. The van der Waals surface area contributed by atoms with E-state index in [0.29, 0.717) is 12.8 Å². The van der Waals surface area contributed by atoms with Crippen LogP contribution in [0.1, 0.15) is 24.4 Å². The molecule has 1 fully saturated rings. The van der Waals surface area contributed by atoms with Gasteiger partial charge in [0, 0.05) is 6.42 Å². The van der Waals surface area contributed by atoms with Crippen molar-refractivity contribution in [1.82, 2.24) is 5.32 Å². The molecule has 16 heavy (non-hydrogen) atoms. The van der Waals surface area contributed by atoms with Crippen LogP contribution in [0.25, 0.3) is 0 Å². The Balaban J connectivity index is 2.23. The van der Waals surface area contributed by atoms with Crippen LogP contribution in [0.3, 0.4) is 0 Å². The van der Waals surface area contributed by atoms with Crippen LogP contribution in [0, 0.1) is 0 Å². The summed E-state index contributed by atoms with van der Waals surface area (Å²) in [6.45, 7) is 0. The van der Waals surface area contributed by atoms with E-state index < -0.39 is 10.2 Å². The molecule has 0 saturated carbocycles. The Morgan fingerprint density at radius 2 is 1.88 bits per heavy atom. The highest BCUT2D eigenvalue weighted by molar-refractivity contribution is 7.86. The van der Waals surface area contributed by atoms with E-state index in [9.17, 15) is 17.1 Å². The Kier molecular flexibility index (Phi) is 2.67. The molecule has 1 N–H and O–H groups in total. The van der Waals surface area contributed by atoms with Gasteiger partial charge in [-0.15, -0.1) is 3.89 Å². The van der Waals surface area contributed by atoms with Crippen molar-refractivity contribution in [3.05, 3.63) is 29.8 Å². The van der Waals surface area contributed by atoms with Gasteiger partial charge in [-0.3, -0.25) is 4.79 Å². The van der Waals surface area contributed by atoms with Crippen molar-refractivity contribution in [3.63, 3.8) is 0 Å². The molecular formula is C10H10FNO3S. The molecule has 4 nitrogen and oxygen atoms in total. The molecule has 1 heterocycles. The normalized spacial score (nSPS) is 20.8. The predicted octanol–water partition coefficient (Wildman–Crippen LogP) is 1.30. The monoisotopic (exact) mass is 243 g/mol. The van der Waals surface area contributed by atoms with Gasteiger partial charge in [0.1, 0.15) is 0 Å². The molecule has 86 valence electrons. The van der Waals surface area contributed by atoms with E-state index in [2.05, 4.69) is 5.32 Å². The van der Waals surface area contributed by atoms with Crippen LogP contribution in [0.5, 0.6) is 0 Å². The molecule has 0 spiro atoms. The Labute approximate surface area is 92.7 Å². The highest BCUT2D eigenvalue weighted by atomic mass is 32.3. The molecule has 1 aliphatic heterocycles. The summed E-state index contributed by atoms with van der Waals surface area (Å²) >= 11 is 0. The van der Waals surface area contributed by atoms with Crippen LogP contribution in [-0.2, 0) is 15.0 Å². The summed E-state index contributed by atoms with van der Waals surface area (Å²) in [5.41, 5.74) is 0.790. The van der Waals surface area contributed by atoms with E-state index in [-0.39, 0.29) is 16.8 Å². The molecule has 6 heteroatoms. The summed E-state index contributed by atoms with van der Waals surface area (Å²) in [4.78, 5) is 10.6. The zero-order valence-electron chi connectivity index (χ0n) is 8.31. The molecule has 0 radical (unpaired) electrons. The first kappa shape index (κ1) is 11.1. The van der Waals surface area contributed by atoms with E-state index >= 15 is 0 Å². The lowest BCUT2D eigenvalue weighted by Gasteiger charge is -2.09. The molecule has 1 atom stereocenters. The molecule has 0 aromatic heterocycles. The van der Waals surface area contributed by atoms with Crippen LogP contribution < -0.4 is 5.32 Å². The van der Waals surface area contributed by atoms with Gasteiger partial charge in [-0.1, -0.05) is 12.1 Å². The quantitative estimate of drug-likeness (QED) is 0.796. The van der Waals surface area contributed by atoms with Crippen LogP contribution in [-0.4, -0.2) is 14.3 Å². The van der Waals surface area contributed by atoms with Crippen molar-refractivity contribution in [2.45, 2.75) is 23.8 Å². The van der Waals surface area contributed by atoms with Gasteiger partial charge in [0.25, 0.3) is 0 Å². The lowest BCUT2D eigenvalue weighted by molar-refractivity contribution is -0.119. The van der Waals surface area contributed by atoms with E-state index in [4.69, 9.17) is 0 Å². The molecule has 1 aromatic carbocycles. The SMILES string of the molecule is O=C1CCC(c2ccc(S(=O)(=O)F)cc2)N1. The highest BCUT2D eigenvalue weighted by Crippen LogP contribution is 2.24. The first-order valence-electron chi connectivity index (χ1n) is 4.81. The van der Waals surface area contributed by atoms with Crippen molar-refractivity contribution in [3.8, 4) is 0 Å². The van der Waals surface area contributed by atoms with Crippen LogP contribution in [0.4, 0.5) is 3.89 Å². The number of carbonyl (C=O) groups is 1. The number of carbonyl (C=O) groups excluding carboxylic acids is 1. The van der Waals surface area contributed by atoms with Gasteiger partial charge in [-0.2, -0.15) is 8.42 Å². The Morgan fingerprint density at radius 3 is 2.31 bits per heavy atom. The van der Waals surface area contributed by atoms with Crippen molar-refractivity contribution in [2.75, 3.05) is 0 Å². The van der Waals surface area contributed by atoms with Gasteiger partial charge in [0.15, 0.2) is 0 Å². The van der Waals surface area contributed by atoms with Gasteiger partial charge in [-0.25, -0.2) is 0 Å². The smallest absolute Gasteiger partial charge is 0.332 e. The molecule has 1 unspecified atom stereocenters. The van der Waals surface area contributed by atoms with E-state index in [0.717, 1.165) is 5.56 Å². The van der Waals surface area contributed by atoms with Crippen LogP contribution in [0.2, 0.25) is 0 Å². The van der Waals surface area contributed by atoms with Crippen LogP contribution >= 0.6 is 0 Å². The Morgan fingerprint density at radius 1 is 1.25 bits per heavy atom. The third-order valence-corrected chi connectivity index (χ3v) is 3.39. The van der Waals surface area contributed by atoms with Gasteiger partial charge in [0.05, 0.1) is 10.9 Å². The van der Waals surface area contributed by atoms with Crippen molar-refractivity contribution in [2.24, 2.45) is 0 Å². The summed E-state index contributed by atoms with van der Waals surface area (Å²) in [7, 11) is -4.64. The number of nitrogens with one attached hydrogen (secondary N) is 1. The van der Waals surface area contributed by atoms with Gasteiger partial charge >= 0.3 is 10.2 Å². The van der Waals surface area contributed by atoms with Crippen molar-refractivity contribution in [1.29, 1.82) is 0 Å². The Hall–Kier alpha value is -1.43. The van der Waals surface area contributed by atoms with Crippen LogP contribution in [0.15, 0.2) is 29.2 Å². The van der Waals surface area contributed by atoms with E-state index in [1.54, 1.807) is 0 Å². The molecule has 1 saturated heterocycles. The molecule has 1 amide bonds. The molecule has 2 rings (SSSR count). The number of hydrogen-bond acceptors (Lipinski definition) is 3. The molecule has 0 aliphatic carbocycles. The van der Waals surface area contributed by atoms with E-state index in [1.165, 1.54) is 24.3 Å². The molecule has 1 aromatic rings. The fourth-order valence-electron chi connectivity index (χ4n) is 1.73. The average molecular weight is 243 g/mol. The maximum absolute atomic E-state index is 12.6. The molecular weight excluding hydrogens is 233 g/mol. The lowest BCUT2D eigenvalue weighted by atomic mass is 10.1. The predicted molar refractivity (Wildman–Crippen MR) is 54.9 cm³/mol. The van der Waals surface area contributed by atoms with Crippen molar-refractivity contribution < 1.29 is 17.1 Å². The maximum atomic E-state index is 12.6. The second kappa shape index (κ2) is 3.86. The van der Waals surface area contributed by atoms with E-state index in [1.807, 2.05) is 0 Å². The number of benzene rings is 1. The largest absolute Gasteiger partial charge is 0.349 e. The highest BCUT2D eigenvalue weighted by Gasteiger charge is 2.22. The summed E-state index contributed by atoms with van der Waals surface area (Å²) < 4.78 is 33.8. The Bertz CT molecular complexity index is 509. The second-order valence-corrected chi connectivity index (χ2v) is 5.01. The minimum Gasteiger partial charge on any atom is -0.349 e. The lowest BCUT2D eigenvalue weighted by Crippen LogP contribution is -2.18. The fourth-order valence-corrected chi connectivity index (χ4v) is 2.19. The van der Waals surface area contributed by atoms with Crippen molar-refractivity contribution >= 4 is 16.1 Å². The number of halogens is 1. The first-order valence-corrected chi connectivity index (χ1v) is 6.19. The topological polar surface area (TPSA) is 63.2 Å². The van der Waals surface area contributed by atoms with Gasteiger partial charge in [-0.05, 0) is 24.1 Å². The zero-order chi connectivity index (χ0) is 11.8. The number of hydrogen-bond donors (Lipinski definition) is 1. The molecule has 1 aliphatic rings. The maximum Gasteiger partial charge on any atom is 0.332 e. The third-order valence-electron chi connectivity index (χ3n) is 2.56. The minimum absolute atomic E-state index is 0.0211. The van der Waals surface area contributed by atoms with Gasteiger partial charge in [0.2, 0.25) is 5.91 Å². The second-order valence-electron chi connectivity index (χ2n) is 3.67. The standard InChI is InChI=1S/C10H10FNO3S/c11-16(14,15)8-3-1-7(2-4-8)9-5-6-10(13)12-9/h1-4,9H,5-6H2,(H,12,13). The fraction of sp³-hybridized carbons (Fsp3) is 0.300. The molecule has 0 bridgehead atoms. The minimum atomic E-state index is -4.64. The summed E-state index contributed by atoms with van der Waals surface area (Å²) in [5, 5.41) is 2.75. The van der Waals surface area contributed by atoms with Gasteiger partial charge < -0.3 is 5.32 Å². The third kappa shape index (κ3) is 2.21. The zero-order valence-corrected chi connectivity index (χ0v) is 9.13. The average Bonchev–Trinajstić information content (AvgIpc) is 2.64. The number of amides is 1.